The molecule has 4 nitrogen and oxygen atoms in total. The zero-order valence-electron chi connectivity index (χ0n) is 16.8. The van der Waals surface area contributed by atoms with Gasteiger partial charge in [-0.05, 0) is 98.5 Å². The number of benzene rings is 2. The summed E-state index contributed by atoms with van der Waals surface area (Å²) in [5, 5.41) is 3.77. The summed E-state index contributed by atoms with van der Waals surface area (Å²) in [5.74, 6) is 0.376. The van der Waals surface area contributed by atoms with Gasteiger partial charge in [-0.25, -0.2) is 13.6 Å². The van der Waals surface area contributed by atoms with E-state index in [4.69, 9.17) is 4.74 Å². The Bertz CT molecular complexity index is 1030. The van der Waals surface area contributed by atoms with Crippen LogP contribution in [0.1, 0.15) is 44.1 Å². The fourth-order valence-electron chi connectivity index (χ4n) is 4.37. The Labute approximate surface area is 174 Å². The molecule has 1 aliphatic rings. The van der Waals surface area contributed by atoms with E-state index in [1.54, 1.807) is 18.3 Å². The number of pyridine rings is 1. The smallest absolute Gasteiger partial charge is 0.410 e. The van der Waals surface area contributed by atoms with E-state index in [1.165, 1.54) is 30.3 Å². The molecule has 0 unspecified atom stereocenters. The molecular formula is C24H24F2N2O2. The Morgan fingerprint density at radius 2 is 1.73 bits per heavy atom. The largest absolute Gasteiger partial charge is 0.412 e. The number of nitrogens with one attached hydrogen (secondary N) is 1. The van der Waals surface area contributed by atoms with E-state index >= 15 is 0 Å². The molecule has 1 aromatic heterocycles. The normalized spacial score (nSPS) is 20.0. The molecule has 6 heteroatoms. The first-order valence-electron chi connectivity index (χ1n) is 10.3. The molecule has 30 heavy (non-hydrogen) atoms. The lowest BCUT2D eigenvalue weighted by atomic mass is 9.75. The van der Waals surface area contributed by atoms with E-state index in [1.807, 2.05) is 13.0 Å². The number of halogens is 2. The number of amides is 1. The summed E-state index contributed by atoms with van der Waals surface area (Å²) >= 11 is 0. The molecule has 4 rings (SSSR count). The second kappa shape index (κ2) is 8.78. The monoisotopic (exact) mass is 410 g/mol. The van der Waals surface area contributed by atoms with Crippen molar-refractivity contribution in [2.75, 3.05) is 0 Å². The molecule has 0 bridgehead atoms. The van der Waals surface area contributed by atoms with Crippen molar-refractivity contribution < 1.29 is 18.3 Å². The van der Waals surface area contributed by atoms with Gasteiger partial charge in [0.25, 0.3) is 0 Å². The molecule has 1 amide bonds. The molecule has 1 aliphatic carbocycles. The highest BCUT2D eigenvalue weighted by Gasteiger charge is 2.28. The van der Waals surface area contributed by atoms with Crippen LogP contribution in [-0.4, -0.2) is 17.1 Å². The lowest BCUT2D eigenvalue weighted by Gasteiger charge is -2.33. The third-order valence-electron chi connectivity index (χ3n) is 6.03. The van der Waals surface area contributed by atoms with E-state index in [0.29, 0.717) is 17.6 Å². The predicted octanol–water partition coefficient (Wildman–Crippen LogP) is 5.96. The topological polar surface area (TPSA) is 51.2 Å². The number of ether oxygens (including phenoxy) is 1. The van der Waals surface area contributed by atoms with Gasteiger partial charge in [0.15, 0.2) is 0 Å². The van der Waals surface area contributed by atoms with Crippen molar-refractivity contribution >= 4 is 17.0 Å². The molecule has 1 saturated carbocycles. The van der Waals surface area contributed by atoms with Crippen LogP contribution in [0.5, 0.6) is 5.75 Å². The fraction of sp³-hybridized carbons (Fsp3) is 0.333. The van der Waals surface area contributed by atoms with Crippen LogP contribution in [0.4, 0.5) is 13.6 Å². The van der Waals surface area contributed by atoms with Gasteiger partial charge in [0, 0.05) is 17.6 Å². The van der Waals surface area contributed by atoms with Crippen LogP contribution in [0.2, 0.25) is 0 Å². The zero-order chi connectivity index (χ0) is 21.1. The highest BCUT2D eigenvalue weighted by Crippen LogP contribution is 2.39. The molecule has 1 N–H and O–H groups in total. The van der Waals surface area contributed by atoms with Crippen molar-refractivity contribution in [3.63, 3.8) is 0 Å². The fourth-order valence-corrected chi connectivity index (χ4v) is 4.37. The SMILES string of the molecule is C[C@@H](NC(=O)Oc1ccc(F)cc1)C1CCC(c2ccnc3ccc(F)cc23)CC1. The van der Waals surface area contributed by atoms with Gasteiger partial charge in [0.05, 0.1) is 5.52 Å². The molecule has 0 aliphatic heterocycles. The van der Waals surface area contributed by atoms with Crippen LogP contribution >= 0.6 is 0 Å². The Hall–Kier alpha value is -3.02. The molecule has 0 radical (unpaired) electrons. The lowest BCUT2D eigenvalue weighted by molar-refractivity contribution is 0.185. The van der Waals surface area contributed by atoms with E-state index in [9.17, 15) is 13.6 Å². The standard InChI is InChI=1S/C24H24F2N2O2/c1-15(28-24(29)30-20-9-6-18(25)7-10-20)16-2-4-17(5-3-16)21-12-13-27-23-11-8-19(26)14-22(21)23/h6-17H,2-5H2,1H3,(H,28,29)/t15-,16?,17?/m1/s1. The molecule has 3 aromatic rings. The van der Waals surface area contributed by atoms with E-state index in [-0.39, 0.29) is 17.7 Å². The number of rotatable bonds is 4. The third kappa shape index (κ3) is 4.58. The maximum atomic E-state index is 13.8. The number of hydrogen-bond acceptors (Lipinski definition) is 3. The van der Waals surface area contributed by atoms with Gasteiger partial charge in [-0.2, -0.15) is 0 Å². The van der Waals surface area contributed by atoms with Crippen molar-refractivity contribution in [2.45, 2.75) is 44.6 Å². The summed E-state index contributed by atoms with van der Waals surface area (Å²) in [4.78, 5) is 16.5. The molecule has 0 spiro atoms. The first-order valence-corrected chi connectivity index (χ1v) is 10.3. The van der Waals surface area contributed by atoms with Gasteiger partial charge in [-0.1, -0.05) is 0 Å². The third-order valence-corrected chi connectivity index (χ3v) is 6.03. The van der Waals surface area contributed by atoms with E-state index in [0.717, 1.165) is 42.1 Å². The van der Waals surface area contributed by atoms with Crippen LogP contribution in [0.3, 0.4) is 0 Å². The summed E-state index contributed by atoms with van der Waals surface area (Å²) < 4.78 is 31.9. The summed E-state index contributed by atoms with van der Waals surface area (Å²) in [7, 11) is 0. The molecule has 2 aromatic carbocycles. The highest BCUT2D eigenvalue weighted by molar-refractivity contribution is 5.82. The average molecular weight is 410 g/mol. The Kier molecular flexibility index (Phi) is 5.93. The van der Waals surface area contributed by atoms with Gasteiger partial charge in [-0.3, -0.25) is 4.98 Å². The molecular weight excluding hydrogens is 386 g/mol. The minimum absolute atomic E-state index is 0.0365. The first-order chi connectivity index (χ1) is 14.5. The van der Waals surface area contributed by atoms with Gasteiger partial charge >= 0.3 is 6.09 Å². The molecule has 1 atom stereocenters. The van der Waals surface area contributed by atoms with Crippen LogP contribution < -0.4 is 10.1 Å². The van der Waals surface area contributed by atoms with E-state index in [2.05, 4.69) is 10.3 Å². The number of nitrogens with zero attached hydrogens (tertiary/aromatic N) is 1. The van der Waals surface area contributed by atoms with Crippen LogP contribution in [0, 0.1) is 17.6 Å². The van der Waals surface area contributed by atoms with Crippen molar-refractivity contribution in [1.29, 1.82) is 0 Å². The predicted molar refractivity (Wildman–Crippen MR) is 111 cm³/mol. The van der Waals surface area contributed by atoms with Crippen LogP contribution in [0.25, 0.3) is 10.9 Å². The number of carbonyl (C=O) groups is 1. The second-order valence-corrected chi connectivity index (χ2v) is 7.95. The van der Waals surface area contributed by atoms with Crippen molar-refractivity contribution in [2.24, 2.45) is 5.92 Å². The quantitative estimate of drug-likeness (QED) is 0.577. The lowest BCUT2D eigenvalue weighted by Crippen LogP contribution is -2.40. The highest BCUT2D eigenvalue weighted by atomic mass is 19.1. The first kappa shape index (κ1) is 20.3. The number of carbonyl (C=O) groups excluding carboxylic acids is 1. The Morgan fingerprint density at radius 3 is 2.47 bits per heavy atom. The summed E-state index contributed by atoms with van der Waals surface area (Å²) in [6.07, 6.45) is 5.12. The number of hydrogen-bond donors (Lipinski definition) is 1. The zero-order valence-corrected chi connectivity index (χ0v) is 16.8. The molecule has 1 fully saturated rings. The Balaban J connectivity index is 1.34. The van der Waals surface area contributed by atoms with Crippen molar-refractivity contribution in [3.8, 4) is 5.75 Å². The van der Waals surface area contributed by atoms with Gasteiger partial charge in [0.1, 0.15) is 17.4 Å². The van der Waals surface area contributed by atoms with Gasteiger partial charge in [-0.15, -0.1) is 0 Å². The molecule has 0 saturated heterocycles. The number of fused-ring (bicyclic) bond motifs is 1. The number of aromatic nitrogens is 1. The van der Waals surface area contributed by atoms with E-state index < -0.39 is 6.09 Å². The summed E-state index contributed by atoms with van der Waals surface area (Å²) in [5.41, 5.74) is 1.96. The maximum absolute atomic E-state index is 13.8. The Morgan fingerprint density at radius 1 is 1.03 bits per heavy atom. The van der Waals surface area contributed by atoms with Crippen LogP contribution in [0.15, 0.2) is 54.7 Å². The minimum atomic E-state index is -0.535. The summed E-state index contributed by atoms with van der Waals surface area (Å²) in [6, 6.07) is 12.0. The minimum Gasteiger partial charge on any atom is -0.410 e. The van der Waals surface area contributed by atoms with Gasteiger partial charge in [0.2, 0.25) is 0 Å². The van der Waals surface area contributed by atoms with Crippen LogP contribution in [-0.2, 0) is 0 Å². The average Bonchev–Trinajstić information content (AvgIpc) is 2.75. The van der Waals surface area contributed by atoms with Crippen molar-refractivity contribution in [3.05, 3.63) is 71.9 Å². The molecule has 156 valence electrons. The maximum Gasteiger partial charge on any atom is 0.412 e. The second-order valence-electron chi connectivity index (χ2n) is 7.95. The van der Waals surface area contributed by atoms with Gasteiger partial charge < -0.3 is 10.1 Å². The van der Waals surface area contributed by atoms with Crippen molar-refractivity contribution in [1.82, 2.24) is 10.3 Å². The summed E-state index contributed by atoms with van der Waals surface area (Å²) in [6.45, 7) is 1.98. The molecule has 1 heterocycles.